The Morgan fingerprint density at radius 2 is 1.55 bits per heavy atom. The predicted octanol–water partition coefficient (Wildman–Crippen LogP) is 13.9. The highest BCUT2D eigenvalue weighted by Gasteiger charge is 2.47. The van der Waals surface area contributed by atoms with E-state index in [2.05, 4.69) is 75.4 Å². The summed E-state index contributed by atoms with van der Waals surface area (Å²) in [5.41, 5.74) is 13.9. The normalized spacial score (nSPS) is 19.9. The molecule has 440 valence electrons. The van der Waals surface area contributed by atoms with Gasteiger partial charge in [0.1, 0.15) is 18.1 Å². The number of aliphatic hydroxyl groups is 1. The van der Waals surface area contributed by atoms with Crippen molar-refractivity contribution >= 4 is 34.6 Å². The average molecular weight is 1130 g/mol. The minimum atomic E-state index is -0.815. The number of likely N-dealkylation sites (tertiary alicyclic amines) is 1. The van der Waals surface area contributed by atoms with Gasteiger partial charge in [-0.05, 0) is 195 Å². The molecule has 3 unspecified atom stereocenters. The van der Waals surface area contributed by atoms with Crippen molar-refractivity contribution in [3.05, 3.63) is 158 Å². The van der Waals surface area contributed by atoms with Gasteiger partial charge in [-0.2, -0.15) is 0 Å². The molecule has 2 aliphatic heterocycles. The largest absolute Gasteiger partial charge is 0.494 e. The minimum absolute atomic E-state index is 0.0207. The van der Waals surface area contributed by atoms with E-state index in [0.29, 0.717) is 81.7 Å². The number of hydrogen-bond acceptors (Lipinski definition) is 10. The monoisotopic (exact) mass is 1130 g/mol. The molecule has 9 rings (SSSR count). The van der Waals surface area contributed by atoms with Gasteiger partial charge in [0.2, 0.25) is 5.91 Å². The maximum Gasteiger partial charge on any atom is 0.227 e. The van der Waals surface area contributed by atoms with Crippen LogP contribution in [0.2, 0.25) is 0 Å². The zero-order chi connectivity index (χ0) is 58.7. The van der Waals surface area contributed by atoms with E-state index in [9.17, 15) is 29.1 Å². The number of aliphatic hydroxyl groups excluding tert-OH is 1. The van der Waals surface area contributed by atoms with Gasteiger partial charge < -0.3 is 29.0 Å². The van der Waals surface area contributed by atoms with Gasteiger partial charge in [-0.25, -0.2) is 0 Å². The lowest BCUT2D eigenvalue weighted by atomic mass is 9.76. The molecule has 0 bridgehead atoms. The Bertz CT molecular complexity index is 3150. The van der Waals surface area contributed by atoms with Crippen molar-refractivity contribution < 1.29 is 48.0 Å². The number of allylic oxidation sites excluding steroid dienone is 8. The highest BCUT2D eigenvalue weighted by atomic mass is 16.5. The maximum absolute atomic E-state index is 14.4. The van der Waals surface area contributed by atoms with E-state index in [1.807, 2.05) is 70.2 Å². The van der Waals surface area contributed by atoms with Gasteiger partial charge in [0.25, 0.3) is 0 Å². The first-order chi connectivity index (χ1) is 40.1. The van der Waals surface area contributed by atoms with Crippen LogP contribution in [0.1, 0.15) is 173 Å². The summed E-state index contributed by atoms with van der Waals surface area (Å²) in [7, 11) is 0. The molecule has 4 aromatic rings. The number of aryl methyl sites for hydroxylation is 1. The summed E-state index contributed by atoms with van der Waals surface area (Å²) in [5, 5.41) is 10.9. The molecule has 5 atom stereocenters. The Kier molecular flexibility index (Phi) is 20.9. The molecular weight excluding hydrogens is 1040 g/mol. The molecule has 1 N–H and O–H groups in total. The number of rotatable bonds is 27. The molecule has 2 fully saturated rings. The molecule has 0 spiro atoms. The highest BCUT2D eigenvalue weighted by molar-refractivity contribution is 6.05. The van der Waals surface area contributed by atoms with Gasteiger partial charge in [-0.1, -0.05) is 99.2 Å². The van der Waals surface area contributed by atoms with Crippen molar-refractivity contribution in [1.29, 1.82) is 0 Å². The average Bonchev–Trinajstić information content (AvgIpc) is 3.35. The number of nitrogens with zero attached hydrogens (tertiary/aromatic N) is 1. The van der Waals surface area contributed by atoms with E-state index >= 15 is 0 Å². The van der Waals surface area contributed by atoms with Crippen LogP contribution in [0.3, 0.4) is 0 Å². The molecule has 4 aromatic carbocycles. The number of carbonyl (C=O) groups is 5. The number of Topliss-reactive ketones (excluding diaryl/α,β-unsaturated/α-hetero) is 4. The molecule has 11 heteroatoms. The topological polar surface area (TPSA) is 146 Å². The quantitative estimate of drug-likeness (QED) is 0.0452. The summed E-state index contributed by atoms with van der Waals surface area (Å²) in [5.74, 6) is 0.916. The molecule has 1 amide bonds. The highest BCUT2D eigenvalue weighted by Crippen LogP contribution is 2.42. The summed E-state index contributed by atoms with van der Waals surface area (Å²) in [6.45, 7) is 17.8. The fourth-order valence-electron chi connectivity index (χ4n) is 13.7. The lowest BCUT2D eigenvalue weighted by Crippen LogP contribution is -2.47. The van der Waals surface area contributed by atoms with Crippen LogP contribution in [0, 0.1) is 30.6 Å². The van der Waals surface area contributed by atoms with Gasteiger partial charge in [0.05, 0.1) is 31.3 Å². The first kappa shape index (κ1) is 61.0. The van der Waals surface area contributed by atoms with E-state index in [-0.39, 0.29) is 54.3 Å². The van der Waals surface area contributed by atoms with Gasteiger partial charge in [0.15, 0.2) is 23.1 Å². The van der Waals surface area contributed by atoms with E-state index < -0.39 is 24.0 Å². The lowest BCUT2D eigenvalue weighted by molar-refractivity contribution is -0.143. The van der Waals surface area contributed by atoms with Crippen LogP contribution in [0.4, 0.5) is 0 Å². The second-order valence-corrected chi connectivity index (χ2v) is 24.3. The third-order valence-electron chi connectivity index (χ3n) is 18.3. The summed E-state index contributed by atoms with van der Waals surface area (Å²) in [4.78, 5) is 70.8. The molecule has 83 heavy (non-hydrogen) atoms. The number of carbonyl (C=O) groups excluding carboxylic acids is 5. The number of ketones is 4. The first-order valence-electron chi connectivity index (χ1n) is 30.8. The molecule has 3 aliphatic carbocycles. The van der Waals surface area contributed by atoms with Gasteiger partial charge >= 0.3 is 0 Å². The van der Waals surface area contributed by atoms with E-state index in [4.69, 9.17) is 18.9 Å². The summed E-state index contributed by atoms with van der Waals surface area (Å²) >= 11 is 0. The number of fused-ring (bicyclic) bond motifs is 1. The van der Waals surface area contributed by atoms with Crippen molar-refractivity contribution in [2.75, 3.05) is 46.2 Å². The van der Waals surface area contributed by atoms with E-state index in [1.54, 1.807) is 4.90 Å². The van der Waals surface area contributed by atoms with Crippen molar-refractivity contribution in [2.24, 2.45) is 23.7 Å². The van der Waals surface area contributed by atoms with Gasteiger partial charge in [0, 0.05) is 69.1 Å². The molecule has 2 saturated heterocycles. The summed E-state index contributed by atoms with van der Waals surface area (Å²) in [6.07, 6.45) is 14.5. The number of ether oxygens (including phenoxy) is 4. The maximum atomic E-state index is 14.4. The molecule has 11 nitrogen and oxygen atoms in total. The smallest absolute Gasteiger partial charge is 0.227 e. The SMILES string of the molecule is CCC(c1cc(-c2ccc(OCCCCCOCCOc3cc(C4=C(C)C=CC4)ccc3CCC(=O)C3C[C@@H](O)CN3C(=O)[C@H](C(C)C)C3Cc4ccccc4C3=O)cc2)cc(C(=O)CCC2=C(C)C=C(C)CC2=O)c1C)C1CCOCC1. The van der Waals surface area contributed by atoms with Crippen LogP contribution in [0.25, 0.3) is 16.7 Å². The van der Waals surface area contributed by atoms with Crippen LogP contribution in [-0.4, -0.2) is 97.4 Å². The number of hydrogen-bond donors (Lipinski definition) is 1. The van der Waals surface area contributed by atoms with Crippen LogP contribution < -0.4 is 9.47 Å². The number of amides is 1. The van der Waals surface area contributed by atoms with E-state index in [0.717, 1.165) is 120 Å². The fourth-order valence-corrected chi connectivity index (χ4v) is 13.7. The zero-order valence-corrected chi connectivity index (χ0v) is 50.2. The van der Waals surface area contributed by atoms with Crippen LogP contribution in [0.5, 0.6) is 11.5 Å². The first-order valence-corrected chi connectivity index (χ1v) is 30.8. The van der Waals surface area contributed by atoms with Gasteiger partial charge in [-0.3, -0.25) is 24.0 Å². The molecular formula is C72H87NO10. The van der Waals surface area contributed by atoms with Crippen LogP contribution in [0.15, 0.2) is 119 Å². The second kappa shape index (κ2) is 28.4. The number of benzene rings is 4. The summed E-state index contributed by atoms with van der Waals surface area (Å²) in [6, 6.07) is 25.5. The molecule has 2 heterocycles. The Balaban J connectivity index is 0.752. The third-order valence-corrected chi connectivity index (χ3v) is 18.3. The van der Waals surface area contributed by atoms with Crippen molar-refractivity contribution in [2.45, 2.75) is 156 Å². The lowest BCUT2D eigenvalue weighted by Gasteiger charge is -2.32. The Morgan fingerprint density at radius 1 is 0.795 bits per heavy atom. The third kappa shape index (κ3) is 14.7. The Morgan fingerprint density at radius 3 is 2.28 bits per heavy atom. The Hall–Kier alpha value is -6.53. The zero-order valence-electron chi connectivity index (χ0n) is 50.2. The van der Waals surface area contributed by atoms with Crippen LogP contribution >= 0.6 is 0 Å². The molecule has 0 saturated carbocycles. The fraction of sp³-hybridized carbons (Fsp3) is 0.486. The van der Waals surface area contributed by atoms with Gasteiger partial charge in [-0.15, -0.1) is 0 Å². The van der Waals surface area contributed by atoms with Crippen LogP contribution in [-0.2, 0) is 36.7 Å². The number of β-amino-alcohol motifs (C(OH)–C–C–N with tert-alkyl or cyclic N) is 1. The molecule has 0 aromatic heterocycles. The summed E-state index contributed by atoms with van der Waals surface area (Å²) < 4.78 is 24.4. The van der Waals surface area contributed by atoms with Crippen molar-refractivity contribution in [3.63, 3.8) is 0 Å². The molecule has 0 radical (unpaired) electrons. The molecule has 5 aliphatic rings. The number of unbranched alkanes of at least 4 members (excludes halogenated alkanes) is 2. The second-order valence-electron chi connectivity index (χ2n) is 24.3. The van der Waals surface area contributed by atoms with Crippen molar-refractivity contribution in [1.82, 2.24) is 4.90 Å². The minimum Gasteiger partial charge on any atom is -0.494 e. The standard InChI is InChI=1S/C72H87NO10/c1-8-58(51-29-33-81-34-30-51)62-40-55(41-63(49(62)7)66(75)28-26-60-48(6)37-46(4)38-68(60)77)50-21-24-57(25-22-50)82-32-13-9-12-31-80-35-36-83-69-42-54(59-18-14-15-47(59)5)20-19-52(69)23-27-67(76)65-43-56(74)44-73(65)72(79)70(45(2)3)64-39-53-16-10-11-17-61(53)71(64)78/h10-11,14-17,19-22,24-25,37,40-42,45,51,56,58,64-65,70,74H,8-9,12-13,18,23,26-36,38-39,43-44H2,1-7H3/t56-,58?,64?,65?,70-/m1/s1. The van der Waals surface area contributed by atoms with Crippen molar-refractivity contribution in [3.8, 4) is 22.6 Å². The Labute approximate surface area is 492 Å². The predicted molar refractivity (Wildman–Crippen MR) is 327 cm³/mol. The van der Waals surface area contributed by atoms with E-state index in [1.165, 1.54) is 16.7 Å².